The van der Waals surface area contributed by atoms with E-state index in [4.69, 9.17) is 0 Å². The Morgan fingerprint density at radius 3 is 2.33 bits per heavy atom. The van der Waals surface area contributed by atoms with Crippen molar-refractivity contribution >= 4 is 11.6 Å². The molecule has 0 radical (unpaired) electrons. The van der Waals surface area contributed by atoms with Gasteiger partial charge in [0, 0.05) is 24.2 Å². The molecule has 0 saturated heterocycles. The van der Waals surface area contributed by atoms with Gasteiger partial charge in [0.2, 0.25) is 0 Å². The number of nitro groups is 1. The topological polar surface area (TPSA) is 72.2 Å². The highest BCUT2D eigenvalue weighted by molar-refractivity contribution is 5.94. The maximum Gasteiger partial charge on any atom is 0.269 e. The first-order chi connectivity index (χ1) is 6.65. The molecule has 0 bridgehead atoms. The molecule has 1 rings (SSSR count). The summed E-state index contributed by atoms with van der Waals surface area (Å²) in [6.07, 6.45) is 0. The summed E-state index contributed by atoms with van der Waals surface area (Å²) in [6, 6.07) is 5.49. The smallest absolute Gasteiger partial charge is 0.269 e. The van der Waals surface area contributed by atoms with Crippen LogP contribution in [0.15, 0.2) is 24.3 Å². The Morgan fingerprint density at radius 2 is 1.93 bits per heavy atom. The minimum Gasteiger partial charge on any atom is -0.352 e. The van der Waals surface area contributed by atoms with Crippen molar-refractivity contribution in [2.75, 3.05) is 6.54 Å². The van der Waals surface area contributed by atoms with Gasteiger partial charge >= 0.3 is 0 Å². The third kappa shape index (κ3) is 3.38. The zero-order valence-corrected chi connectivity index (χ0v) is 7.69. The van der Waals surface area contributed by atoms with Crippen molar-refractivity contribution < 1.29 is 9.72 Å². The third-order valence-electron chi connectivity index (χ3n) is 1.68. The molecule has 1 aromatic rings. The molecule has 0 aliphatic carbocycles. The fourth-order valence-corrected chi connectivity index (χ4v) is 0.997. The molecule has 0 atom stereocenters. The molecule has 82 valence electrons. The highest BCUT2D eigenvalue weighted by atomic mass is 16.6. The van der Waals surface area contributed by atoms with Gasteiger partial charge in [-0.25, -0.2) is 0 Å². The second-order valence-electron chi connectivity index (χ2n) is 2.66. The molecule has 0 aliphatic heterocycles. The van der Waals surface area contributed by atoms with E-state index in [2.05, 4.69) is 5.32 Å². The van der Waals surface area contributed by atoms with Crippen LogP contribution in [0.1, 0.15) is 24.7 Å². The van der Waals surface area contributed by atoms with Crippen LogP contribution < -0.4 is 5.32 Å². The maximum absolute atomic E-state index is 11.2. The molecular weight excluding hydrogens is 196 g/mol. The number of hydrogen-bond donors (Lipinski definition) is 1. The average molecular weight is 210 g/mol. The third-order valence-corrected chi connectivity index (χ3v) is 1.68. The Morgan fingerprint density at radius 1 is 1.40 bits per heavy atom. The fourth-order valence-electron chi connectivity index (χ4n) is 0.997. The predicted molar refractivity (Wildman–Crippen MR) is 57.8 cm³/mol. The first-order valence-electron chi connectivity index (χ1n) is 4.17. The summed E-state index contributed by atoms with van der Waals surface area (Å²) in [5.74, 6) is -0.220. The van der Waals surface area contributed by atoms with Gasteiger partial charge in [-0.2, -0.15) is 0 Å². The Labute approximate surface area is 88.3 Å². The number of non-ortho nitro benzene ring substituents is 1. The molecule has 5 heteroatoms. The predicted octanol–water partition coefficient (Wildman–Crippen LogP) is 1.98. The van der Waals surface area contributed by atoms with Crippen molar-refractivity contribution in [2.24, 2.45) is 0 Å². The number of carbonyl (C=O) groups excluding carboxylic acids is 1. The van der Waals surface area contributed by atoms with Crippen LogP contribution in [-0.4, -0.2) is 17.4 Å². The van der Waals surface area contributed by atoms with Crippen molar-refractivity contribution in [3.05, 3.63) is 39.9 Å². The van der Waals surface area contributed by atoms with Gasteiger partial charge in [-0.05, 0) is 19.1 Å². The average Bonchev–Trinajstić information content (AvgIpc) is 2.18. The van der Waals surface area contributed by atoms with Gasteiger partial charge in [0.15, 0.2) is 0 Å². The molecule has 15 heavy (non-hydrogen) atoms. The van der Waals surface area contributed by atoms with E-state index >= 15 is 0 Å². The monoisotopic (exact) mass is 210 g/mol. The summed E-state index contributed by atoms with van der Waals surface area (Å²) in [7, 11) is 0. The Hall–Kier alpha value is -1.91. The number of nitrogens with zero attached hydrogens (tertiary/aromatic N) is 1. The zero-order chi connectivity index (χ0) is 10.6. The van der Waals surface area contributed by atoms with Gasteiger partial charge in [-0.1, -0.05) is 7.43 Å². The molecule has 0 heterocycles. The second kappa shape index (κ2) is 5.74. The van der Waals surface area contributed by atoms with Gasteiger partial charge < -0.3 is 5.32 Å². The molecule has 1 aromatic carbocycles. The normalized spacial score (nSPS) is 8.87. The Bertz CT molecular complexity index is 346. The largest absolute Gasteiger partial charge is 0.352 e. The Kier molecular flexibility index (Phi) is 5.01. The van der Waals surface area contributed by atoms with Crippen molar-refractivity contribution in [2.45, 2.75) is 14.4 Å². The SMILES string of the molecule is C.CCNC(=O)c1ccc([N+](=O)[O-])cc1. The molecule has 0 spiro atoms. The molecule has 0 saturated carbocycles. The molecule has 0 aliphatic rings. The van der Waals surface area contributed by atoms with Crippen LogP contribution in [0.2, 0.25) is 0 Å². The van der Waals surface area contributed by atoms with E-state index in [1.165, 1.54) is 24.3 Å². The first kappa shape index (κ1) is 13.1. The van der Waals surface area contributed by atoms with Gasteiger partial charge in [0.05, 0.1) is 4.92 Å². The molecule has 0 unspecified atom stereocenters. The molecule has 1 N–H and O–H groups in total. The maximum atomic E-state index is 11.2. The lowest BCUT2D eigenvalue weighted by atomic mass is 10.2. The van der Waals surface area contributed by atoms with Crippen LogP contribution in [0.3, 0.4) is 0 Å². The van der Waals surface area contributed by atoms with Crippen LogP contribution in [0.5, 0.6) is 0 Å². The number of rotatable bonds is 3. The van der Waals surface area contributed by atoms with Gasteiger partial charge in [-0.3, -0.25) is 14.9 Å². The van der Waals surface area contributed by atoms with E-state index in [-0.39, 0.29) is 19.0 Å². The molecule has 0 aromatic heterocycles. The summed E-state index contributed by atoms with van der Waals surface area (Å²) >= 11 is 0. The van der Waals surface area contributed by atoms with E-state index < -0.39 is 4.92 Å². The number of benzene rings is 1. The number of nitrogens with one attached hydrogen (secondary N) is 1. The van der Waals surface area contributed by atoms with E-state index in [0.717, 1.165) is 0 Å². The lowest BCUT2D eigenvalue weighted by Crippen LogP contribution is -2.22. The standard InChI is InChI=1S/C9H10N2O3.CH4/c1-2-10-9(12)7-3-5-8(6-4-7)11(13)14;/h3-6H,2H2,1H3,(H,10,12);1H4. The second-order valence-corrected chi connectivity index (χ2v) is 2.66. The number of amides is 1. The Balaban J connectivity index is 0.00000196. The van der Waals surface area contributed by atoms with E-state index in [9.17, 15) is 14.9 Å². The quantitative estimate of drug-likeness (QED) is 0.612. The lowest BCUT2D eigenvalue weighted by Gasteiger charge is -2.00. The molecule has 1 amide bonds. The van der Waals surface area contributed by atoms with Gasteiger partial charge in [0.1, 0.15) is 0 Å². The summed E-state index contributed by atoms with van der Waals surface area (Å²) < 4.78 is 0. The molecule has 5 nitrogen and oxygen atoms in total. The van der Waals surface area contributed by atoms with Gasteiger partial charge in [-0.15, -0.1) is 0 Å². The molecule has 0 fully saturated rings. The van der Waals surface area contributed by atoms with Crippen LogP contribution in [0.4, 0.5) is 5.69 Å². The highest BCUT2D eigenvalue weighted by Gasteiger charge is 2.07. The van der Waals surface area contributed by atoms with Crippen molar-refractivity contribution in [1.82, 2.24) is 5.32 Å². The number of nitro benzene ring substituents is 1. The summed E-state index contributed by atoms with van der Waals surface area (Å²) in [5.41, 5.74) is 0.412. The van der Waals surface area contributed by atoms with Crippen LogP contribution in [0.25, 0.3) is 0 Å². The van der Waals surface area contributed by atoms with Gasteiger partial charge in [0.25, 0.3) is 11.6 Å². The van der Waals surface area contributed by atoms with E-state index in [1.54, 1.807) is 0 Å². The lowest BCUT2D eigenvalue weighted by molar-refractivity contribution is -0.384. The van der Waals surface area contributed by atoms with Crippen molar-refractivity contribution in [3.63, 3.8) is 0 Å². The summed E-state index contributed by atoms with van der Waals surface area (Å²) in [4.78, 5) is 21.1. The first-order valence-corrected chi connectivity index (χ1v) is 4.17. The summed E-state index contributed by atoms with van der Waals surface area (Å²) in [6.45, 7) is 2.35. The number of carbonyl (C=O) groups is 1. The molecular formula is C10H14N2O3. The number of hydrogen-bond acceptors (Lipinski definition) is 3. The van der Waals surface area contributed by atoms with E-state index in [1.807, 2.05) is 6.92 Å². The summed E-state index contributed by atoms with van der Waals surface area (Å²) in [5, 5.41) is 12.9. The highest BCUT2D eigenvalue weighted by Crippen LogP contribution is 2.11. The fraction of sp³-hybridized carbons (Fsp3) is 0.300. The van der Waals surface area contributed by atoms with Crippen molar-refractivity contribution in [1.29, 1.82) is 0 Å². The minimum absolute atomic E-state index is 0. The van der Waals surface area contributed by atoms with Crippen LogP contribution >= 0.6 is 0 Å². The van der Waals surface area contributed by atoms with Crippen molar-refractivity contribution in [3.8, 4) is 0 Å². The zero-order valence-electron chi connectivity index (χ0n) is 7.69. The van der Waals surface area contributed by atoms with E-state index in [0.29, 0.717) is 12.1 Å². The van der Waals surface area contributed by atoms with Crippen LogP contribution in [-0.2, 0) is 0 Å². The minimum atomic E-state index is -0.499. The van der Waals surface area contributed by atoms with Crippen LogP contribution in [0, 0.1) is 10.1 Å².